The molecule has 0 saturated heterocycles. The van der Waals surface area contributed by atoms with Gasteiger partial charge in [0.2, 0.25) is 0 Å². The molecule has 2 N–H and O–H groups in total. The van der Waals surface area contributed by atoms with Gasteiger partial charge in [-0.1, -0.05) is 6.07 Å². The molecule has 1 amide bonds. The minimum Gasteiger partial charge on any atom is -0.508 e. The van der Waals surface area contributed by atoms with Gasteiger partial charge in [0.25, 0.3) is 5.91 Å². The van der Waals surface area contributed by atoms with E-state index < -0.39 is 0 Å². The van der Waals surface area contributed by atoms with E-state index in [1.165, 1.54) is 12.1 Å². The Morgan fingerprint density at radius 1 is 1.39 bits per heavy atom. The molecular formula is C13H11BrN2O2. The van der Waals surface area contributed by atoms with Crippen LogP contribution in [-0.4, -0.2) is 16.0 Å². The number of aromatic hydroxyl groups is 1. The molecule has 1 heterocycles. The van der Waals surface area contributed by atoms with Crippen molar-refractivity contribution in [1.82, 2.24) is 4.98 Å². The smallest absolute Gasteiger partial charge is 0.256 e. The number of phenolic OH excluding ortho intramolecular Hbond substituents is 1. The number of aromatic nitrogens is 1. The van der Waals surface area contributed by atoms with Crippen LogP contribution in [0.5, 0.6) is 5.75 Å². The van der Waals surface area contributed by atoms with Crippen molar-refractivity contribution >= 4 is 27.7 Å². The number of benzene rings is 1. The number of halogens is 1. The van der Waals surface area contributed by atoms with E-state index in [0.717, 1.165) is 10.0 Å². The number of aryl methyl sites for hydroxylation is 1. The van der Waals surface area contributed by atoms with Crippen molar-refractivity contribution in [1.29, 1.82) is 0 Å². The number of nitrogens with zero attached hydrogens (tertiary/aromatic N) is 1. The first-order valence-corrected chi connectivity index (χ1v) is 6.08. The summed E-state index contributed by atoms with van der Waals surface area (Å²) in [5.74, 6) is 0.263. The van der Waals surface area contributed by atoms with Crippen LogP contribution in [0.2, 0.25) is 0 Å². The fourth-order valence-electron chi connectivity index (χ4n) is 1.50. The average molecular weight is 307 g/mol. The second kappa shape index (κ2) is 5.18. The number of hydrogen-bond acceptors (Lipinski definition) is 3. The second-order valence-electron chi connectivity index (χ2n) is 3.82. The van der Waals surface area contributed by atoms with E-state index >= 15 is 0 Å². The van der Waals surface area contributed by atoms with Gasteiger partial charge >= 0.3 is 0 Å². The summed E-state index contributed by atoms with van der Waals surface area (Å²) >= 11 is 3.31. The lowest BCUT2D eigenvalue weighted by Crippen LogP contribution is -2.13. The molecule has 0 atom stereocenters. The van der Waals surface area contributed by atoms with Crippen LogP contribution in [0.4, 0.5) is 5.82 Å². The highest BCUT2D eigenvalue weighted by atomic mass is 79.9. The molecule has 0 fully saturated rings. The van der Waals surface area contributed by atoms with Gasteiger partial charge in [0.05, 0.1) is 0 Å². The van der Waals surface area contributed by atoms with Crippen LogP contribution in [0.3, 0.4) is 0 Å². The molecule has 2 rings (SSSR count). The largest absolute Gasteiger partial charge is 0.508 e. The quantitative estimate of drug-likeness (QED) is 0.896. The molecular weight excluding hydrogens is 296 g/mol. The summed E-state index contributed by atoms with van der Waals surface area (Å²) in [4.78, 5) is 16.1. The average Bonchev–Trinajstić information content (AvgIpc) is 2.32. The van der Waals surface area contributed by atoms with Crippen LogP contribution in [0.25, 0.3) is 0 Å². The van der Waals surface area contributed by atoms with Crippen LogP contribution in [-0.2, 0) is 0 Å². The van der Waals surface area contributed by atoms with Crippen LogP contribution in [0.1, 0.15) is 15.9 Å². The minimum absolute atomic E-state index is 0.0585. The molecule has 5 heteroatoms. The summed E-state index contributed by atoms with van der Waals surface area (Å²) in [6.07, 6.45) is 1.62. The highest BCUT2D eigenvalue weighted by Crippen LogP contribution is 2.18. The molecule has 2 aromatic rings. The number of carbonyl (C=O) groups excluding carboxylic acids is 1. The zero-order valence-corrected chi connectivity index (χ0v) is 11.2. The summed E-state index contributed by atoms with van der Waals surface area (Å²) < 4.78 is 0.857. The van der Waals surface area contributed by atoms with Crippen molar-refractivity contribution in [3.63, 3.8) is 0 Å². The highest BCUT2D eigenvalue weighted by Gasteiger charge is 2.09. The molecule has 92 valence electrons. The second-order valence-corrected chi connectivity index (χ2v) is 4.74. The van der Waals surface area contributed by atoms with Crippen molar-refractivity contribution in [2.24, 2.45) is 0 Å². The van der Waals surface area contributed by atoms with Crippen molar-refractivity contribution in [3.8, 4) is 5.75 Å². The minimum atomic E-state index is -0.302. The van der Waals surface area contributed by atoms with Crippen molar-refractivity contribution in [2.45, 2.75) is 6.92 Å². The molecule has 0 aliphatic rings. The third-order valence-corrected chi connectivity index (χ3v) is 2.82. The fourth-order valence-corrected chi connectivity index (χ4v) is 1.94. The molecule has 0 aliphatic heterocycles. The topological polar surface area (TPSA) is 62.2 Å². The lowest BCUT2D eigenvalue weighted by Gasteiger charge is -2.07. The van der Waals surface area contributed by atoms with Gasteiger partial charge in [0, 0.05) is 16.2 Å². The summed E-state index contributed by atoms with van der Waals surface area (Å²) in [6.45, 7) is 1.86. The maximum Gasteiger partial charge on any atom is 0.256 e. The Labute approximate surface area is 113 Å². The first-order valence-electron chi connectivity index (χ1n) is 5.29. The summed E-state index contributed by atoms with van der Waals surface area (Å²) in [5.41, 5.74) is 1.25. The summed E-state index contributed by atoms with van der Waals surface area (Å²) in [7, 11) is 0. The van der Waals surface area contributed by atoms with Gasteiger partial charge < -0.3 is 10.4 Å². The molecule has 18 heavy (non-hydrogen) atoms. The normalized spacial score (nSPS) is 10.1. The Hall–Kier alpha value is -1.88. The van der Waals surface area contributed by atoms with Gasteiger partial charge in [-0.15, -0.1) is 0 Å². The zero-order chi connectivity index (χ0) is 13.1. The number of pyridine rings is 1. The van der Waals surface area contributed by atoms with Crippen LogP contribution >= 0.6 is 15.9 Å². The SMILES string of the molecule is Cc1cc(Br)cnc1NC(=O)c1cccc(O)c1. The standard InChI is InChI=1S/C13H11BrN2O2/c1-8-5-10(14)7-15-12(8)16-13(18)9-3-2-4-11(17)6-9/h2-7,17H,1H3,(H,15,16,18). The maximum atomic E-state index is 11.9. The van der Waals surface area contributed by atoms with Crippen LogP contribution in [0.15, 0.2) is 41.0 Å². The molecule has 0 bridgehead atoms. The van der Waals surface area contributed by atoms with Crippen LogP contribution in [0, 0.1) is 6.92 Å². The molecule has 0 spiro atoms. The van der Waals surface area contributed by atoms with Gasteiger partial charge in [0.1, 0.15) is 11.6 Å². The van der Waals surface area contributed by atoms with Gasteiger partial charge in [-0.3, -0.25) is 4.79 Å². The molecule has 0 aliphatic carbocycles. The third-order valence-electron chi connectivity index (χ3n) is 2.39. The Kier molecular flexibility index (Phi) is 3.62. The van der Waals surface area contributed by atoms with Crippen molar-refractivity contribution in [2.75, 3.05) is 5.32 Å². The zero-order valence-electron chi connectivity index (χ0n) is 9.64. The predicted octanol–water partition coefficient (Wildman–Crippen LogP) is 3.11. The van der Waals surface area contributed by atoms with Crippen LogP contribution < -0.4 is 5.32 Å². The van der Waals surface area contributed by atoms with Gasteiger partial charge in [-0.25, -0.2) is 4.98 Å². The molecule has 4 nitrogen and oxygen atoms in total. The number of hydrogen-bond donors (Lipinski definition) is 2. The predicted molar refractivity (Wildman–Crippen MR) is 72.7 cm³/mol. The first-order chi connectivity index (χ1) is 8.56. The Morgan fingerprint density at radius 2 is 2.17 bits per heavy atom. The number of carbonyl (C=O) groups is 1. The Balaban J connectivity index is 2.21. The van der Waals surface area contributed by atoms with Gasteiger partial charge in [-0.05, 0) is 52.7 Å². The van der Waals surface area contributed by atoms with E-state index in [0.29, 0.717) is 11.4 Å². The summed E-state index contributed by atoms with van der Waals surface area (Å²) in [6, 6.07) is 8.03. The molecule has 1 aromatic carbocycles. The van der Waals surface area contributed by atoms with Gasteiger partial charge in [-0.2, -0.15) is 0 Å². The Morgan fingerprint density at radius 3 is 2.83 bits per heavy atom. The van der Waals surface area contributed by atoms with E-state index in [-0.39, 0.29) is 11.7 Å². The van der Waals surface area contributed by atoms with Gasteiger partial charge in [0.15, 0.2) is 0 Å². The molecule has 0 saturated carbocycles. The number of anilines is 1. The fraction of sp³-hybridized carbons (Fsp3) is 0.0769. The number of nitrogens with one attached hydrogen (secondary N) is 1. The lowest BCUT2D eigenvalue weighted by atomic mass is 10.2. The number of amides is 1. The highest BCUT2D eigenvalue weighted by molar-refractivity contribution is 9.10. The lowest BCUT2D eigenvalue weighted by molar-refractivity contribution is 0.102. The van der Waals surface area contributed by atoms with E-state index in [9.17, 15) is 9.90 Å². The Bertz CT molecular complexity index is 599. The third kappa shape index (κ3) is 2.87. The van der Waals surface area contributed by atoms with Crippen molar-refractivity contribution < 1.29 is 9.90 Å². The first kappa shape index (κ1) is 12.6. The number of rotatable bonds is 2. The monoisotopic (exact) mass is 306 g/mol. The number of phenols is 1. The summed E-state index contributed by atoms with van der Waals surface area (Å²) in [5, 5.41) is 12.0. The van der Waals surface area contributed by atoms with E-state index in [1.807, 2.05) is 13.0 Å². The van der Waals surface area contributed by atoms with E-state index in [2.05, 4.69) is 26.2 Å². The van der Waals surface area contributed by atoms with E-state index in [1.54, 1.807) is 18.3 Å². The maximum absolute atomic E-state index is 11.9. The molecule has 0 radical (unpaired) electrons. The van der Waals surface area contributed by atoms with Crippen molar-refractivity contribution in [3.05, 3.63) is 52.1 Å². The molecule has 0 unspecified atom stereocenters. The van der Waals surface area contributed by atoms with E-state index in [4.69, 9.17) is 0 Å². The molecule has 1 aromatic heterocycles.